The Hall–Kier alpha value is -2.37. The van der Waals surface area contributed by atoms with Gasteiger partial charge in [-0.25, -0.2) is 0 Å². The van der Waals surface area contributed by atoms with Crippen molar-refractivity contribution in [3.63, 3.8) is 0 Å². The fourth-order valence-corrected chi connectivity index (χ4v) is 8.51. The maximum absolute atomic E-state index is 12.8. The van der Waals surface area contributed by atoms with Crippen molar-refractivity contribution in [3.05, 3.63) is 36.5 Å². The maximum atomic E-state index is 12.8. The fourth-order valence-electron chi connectivity index (χ4n) is 8.51. The highest BCUT2D eigenvalue weighted by atomic mass is 16.6. The van der Waals surface area contributed by atoms with E-state index in [0.717, 1.165) is 77.0 Å². The minimum Gasteiger partial charge on any atom is -0.462 e. The van der Waals surface area contributed by atoms with Crippen molar-refractivity contribution in [1.29, 1.82) is 0 Å². The van der Waals surface area contributed by atoms with Crippen LogP contribution < -0.4 is 0 Å². The van der Waals surface area contributed by atoms with Crippen molar-refractivity contribution in [2.24, 2.45) is 0 Å². The Labute approximate surface area is 410 Å². The third kappa shape index (κ3) is 52.6. The monoisotopic (exact) mass is 927 g/mol. The van der Waals surface area contributed by atoms with Gasteiger partial charge in [0.15, 0.2) is 6.10 Å². The second kappa shape index (κ2) is 55.2. The number of unbranched alkanes of at least 4 members (excludes halogenated alkanes) is 36. The number of carbonyl (C=O) groups is 3. The Morgan fingerprint density at radius 1 is 0.303 bits per heavy atom. The van der Waals surface area contributed by atoms with Crippen LogP contribution >= 0.6 is 0 Å². The van der Waals surface area contributed by atoms with Gasteiger partial charge < -0.3 is 14.2 Å². The zero-order chi connectivity index (χ0) is 47.9. The van der Waals surface area contributed by atoms with E-state index < -0.39 is 6.10 Å². The van der Waals surface area contributed by atoms with E-state index in [9.17, 15) is 14.4 Å². The van der Waals surface area contributed by atoms with E-state index >= 15 is 0 Å². The number of hydrogen-bond donors (Lipinski definition) is 0. The summed E-state index contributed by atoms with van der Waals surface area (Å²) in [6.07, 6.45) is 65.6. The molecule has 0 saturated carbocycles. The predicted molar refractivity (Wildman–Crippen MR) is 284 cm³/mol. The van der Waals surface area contributed by atoms with Gasteiger partial charge in [0.05, 0.1) is 0 Å². The van der Waals surface area contributed by atoms with Crippen molar-refractivity contribution >= 4 is 17.9 Å². The topological polar surface area (TPSA) is 78.9 Å². The molecule has 0 aliphatic carbocycles. The third-order valence-electron chi connectivity index (χ3n) is 12.9. The van der Waals surface area contributed by atoms with Gasteiger partial charge >= 0.3 is 17.9 Å². The molecule has 386 valence electrons. The summed E-state index contributed by atoms with van der Waals surface area (Å²) in [5, 5.41) is 0. The molecule has 0 bridgehead atoms. The molecule has 0 heterocycles. The van der Waals surface area contributed by atoms with Gasteiger partial charge in [-0.2, -0.15) is 0 Å². The number of rotatable bonds is 53. The summed E-state index contributed by atoms with van der Waals surface area (Å²) >= 11 is 0. The number of carbonyl (C=O) groups excluding carboxylic acids is 3. The van der Waals surface area contributed by atoms with Gasteiger partial charge in [-0.1, -0.05) is 269 Å². The second-order valence-electron chi connectivity index (χ2n) is 19.6. The molecule has 0 aromatic heterocycles. The maximum Gasteiger partial charge on any atom is 0.306 e. The highest BCUT2D eigenvalue weighted by molar-refractivity contribution is 5.71. The summed E-state index contributed by atoms with van der Waals surface area (Å²) < 4.78 is 16.9. The Bertz CT molecular complexity index is 1110. The zero-order valence-corrected chi connectivity index (χ0v) is 44.2. The number of allylic oxidation sites excluding steroid dienone is 6. The summed E-state index contributed by atoms with van der Waals surface area (Å²) in [7, 11) is 0. The summed E-state index contributed by atoms with van der Waals surface area (Å²) in [6, 6.07) is 0. The molecule has 6 heteroatoms. The van der Waals surface area contributed by atoms with E-state index in [2.05, 4.69) is 57.2 Å². The van der Waals surface area contributed by atoms with Gasteiger partial charge in [-0.05, 0) is 57.8 Å². The molecule has 0 aliphatic heterocycles. The molecule has 0 fully saturated rings. The normalized spacial score (nSPS) is 12.2. The quantitative estimate of drug-likeness (QED) is 0.0262. The van der Waals surface area contributed by atoms with Crippen LogP contribution in [-0.2, 0) is 28.6 Å². The van der Waals surface area contributed by atoms with Crippen molar-refractivity contribution in [1.82, 2.24) is 0 Å². The van der Waals surface area contributed by atoms with Crippen molar-refractivity contribution in [2.45, 2.75) is 316 Å². The van der Waals surface area contributed by atoms with Crippen LogP contribution in [0, 0.1) is 0 Å². The smallest absolute Gasteiger partial charge is 0.306 e. The minimum atomic E-state index is -0.772. The second-order valence-corrected chi connectivity index (χ2v) is 19.6. The SMILES string of the molecule is CCCCCCC/C=C\C/C=C\C/C=C\CCCCCCCCC(=O)OCC(COC(=O)CCCCCCCCCCCCC)OC(=O)CCCCCCCCCCCCCCCCCC. The summed E-state index contributed by atoms with van der Waals surface area (Å²) in [5.41, 5.74) is 0. The Balaban J connectivity index is 4.31. The molecule has 0 aromatic rings. The minimum absolute atomic E-state index is 0.0717. The van der Waals surface area contributed by atoms with Gasteiger partial charge in [0.2, 0.25) is 0 Å². The van der Waals surface area contributed by atoms with Crippen LogP contribution in [0.5, 0.6) is 0 Å². The summed E-state index contributed by atoms with van der Waals surface area (Å²) in [4.78, 5) is 38.1. The lowest BCUT2D eigenvalue weighted by atomic mass is 10.0. The Morgan fingerprint density at radius 3 is 0.848 bits per heavy atom. The van der Waals surface area contributed by atoms with E-state index in [4.69, 9.17) is 14.2 Å². The molecule has 0 aliphatic rings. The van der Waals surface area contributed by atoms with Crippen molar-refractivity contribution < 1.29 is 28.6 Å². The molecule has 6 nitrogen and oxygen atoms in total. The lowest BCUT2D eigenvalue weighted by Gasteiger charge is -2.18. The van der Waals surface area contributed by atoms with E-state index in [1.54, 1.807) is 0 Å². The number of hydrogen-bond acceptors (Lipinski definition) is 6. The first kappa shape index (κ1) is 63.6. The number of ether oxygens (including phenoxy) is 3. The first-order valence-corrected chi connectivity index (χ1v) is 29.0. The largest absolute Gasteiger partial charge is 0.462 e. The van der Waals surface area contributed by atoms with Gasteiger partial charge in [0, 0.05) is 19.3 Å². The van der Waals surface area contributed by atoms with Gasteiger partial charge in [0.1, 0.15) is 13.2 Å². The van der Waals surface area contributed by atoms with Crippen LogP contribution in [0.25, 0.3) is 0 Å². The van der Waals surface area contributed by atoms with Crippen LogP contribution in [0.4, 0.5) is 0 Å². The molecule has 0 aromatic carbocycles. The fraction of sp³-hybridized carbons (Fsp3) is 0.850. The van der Waals surface area contributed by atoms with Crippen LogP contribution in [0.3, 0.4) is 0 Å². The Kier molecular flexibility index (Phi) is 53.2. The molecule has 0 amide bonds. The highest BCUT2D eigenvalue weighted by Crippen LogP contribution is 2.16. The van der Waals surface area contributed by atoms with Crippen LogP contribution in [0.1, 0.15) is 310 Å². The molecule has 1 unspecified atom stereocenters. The van der Waals surface area contributed by atoms with Crippen LogP contribution in [-0.4, -0.2) is 37.2 Å². The lowest BCUT2D eigenvalue weighted by Crippen LogP contribution is -2.30. The van der Waals surface area contributed by atoms with Crippen molar-refractivity contribution in [3.8, 4) is 0 Å². The van der Waals surface area contributed by atoms with E-state index in [1.165, 1.54) is 193 Å². The molecule has 0 radical (unpaired) electrons. The molecular formula is C60H110O6. The standard InChI is InChI=1S/C60H110O6/c1-4-7-10-13-16-19-22-24-26-28-29-30-31-32-34-35-38-41-44-47-50-53-59(62)65-56-57(55-64-58(61)52-49-46-43-40-37-21-18-15-12-9-6-3)66-60(63)54-51-48-45-42-39-36-33-27-25-23-20-17-14-11-8-5-2/h22,24,28-29,31-32,57H,4-21,23,25-27,30,33-56H2,1-3H3/b24-22-,29-28-,32-31-. The summed E-state index contributed by atoms with van der Waals surface area (Å²) in [6.45, 7) is 6.65. The zero-order valence-electron chi connectivity index (χ0n) is 44.2. The van der Waals surface area contributed by atoms with Crippen LogP contribution in [0.15, 0.2) is 36.5 Å². The highest BCUT2D eigenvalue weighted by Gasteiger charge is 2.19. The Morgan fingerprint density at radius 2 is 0.545 bits per heavy atom. The molecule has 0 spiro atoms. The van der Waals surface area contributed by atoms with Crippen LogP contribution in [0.2, 0.25) is 0 Å². The lowest BCUT2D eigenvalue weighted by molar-refractivity contribution is -0.167. The summed E-state index contributed by atoms with van der Waals surface area (Å²) in [5.74, 6) is -0.868. The molecule has 0 saturated heterocycles. The van der Waals surface area contributed by atoms with E-state index in [0.29, 0.717) is 19.3 Å². The van der Waals surface area contributed by atoms with E-state index in [-0.39, 0.29) is 31.1 Å². The van der Waals surface area contributed by atoms with E-state index in [1.807, 2.05) is 0 Å². The third-order valence-corrected chi connectivity index (χ3v) is 12.9. The first-order chi connectivity index (χ1) is 32.5. The predicted octanol–water partition coefficient (Wildman–Crippen LogP) is 19.3. The average Bonchev–Trinajstić information content (AvgIpc) is 3.31. The molecule has 66 heavy (non-hydrogen) atoms. The molecular weight excluding hydrogens is 817 g/mol. The number of esters is 3. The van der Waals surface area contributed by atoms with Crippen molar-refractivity contribution in [2.75, 3.05) is 13.2 Å². The molecule has 0 rings (SSSR count). The first-order valence-electron chi connectivity index (χ1n) is 29.0. The van der Waals surface area contributed by atoms with Gasteiger partial charge in [0.25, 0.3) is 0 Å². The van der Waals surface area contributed by atoms with Gasteiger partial charge in [-0.3, -0.25) is 14.4 Å². The molecule has 1 atom stereocenters. The molecule has 0 N–H and O–H groups in total. The average molecular weight is 928 g/mol. The van der Waals surface area contributed by atoms with Gasteiger partial charge in [-0.15, -0.1) is 0 Å².